The van der Waals surface area contributed by atoms with Crippen LogP contribution in [0.2, 0.25) is 6.04 Å². The molecule has 84 valence electrons. The SMILES string of the molecule is C=C(C)COCCC[Si](Cl)(OC)OC. The van der Waals surface area contributed by atoms with Crippen LogP contribution in [0.3, 0.4) is 0 Å². The lowest BCUT2D eigenvalue weighted by Gasteiger charge is -2.19. The second-order valence-electron chi connectivity index (χ2n) is 3.18. The molecule has 0 saturated carbocycles. The maximum Gasteiger partial charge on any atom is 0.442 e. The van der Waals surface area contributed by atoms with Crippen LogP contribution in [0.25, 0.3) is 0 Å². The van der Waals surface area contributed by atoms with Crippen molar-refractivity contribution in [1.82, 2.24) is 0 Å². The lowest BCUT2D eigenvalue weighted by molar-refractivity contribution is 0.153. The molecule has 0 atom stereocenters. The van der Waals surface area contributed by atoms with Gasteiger partial charge in [-0.05, 0) is 13.3 Å². The molecule has 0 heterocycles. The molecule has 0 radical (unpaired) electrons. The van der Waals surface area contributed by atoms with Gasteiger partial charge in [0.2, 0.25) is 0 Å². The van der Waals surface area contributed by atoms with E-state index in [1.165, 1.54) is 0 Å². The molecule has 5 heteroatoms. The molecule has 0 aliphatic heterocycles. The Hall–Kier alpha value is 0.127. The summed E-state index contributed by atoms with van der Waals surface area (Å²) >= 11 is 6.07. The van der Waals surface area contributed by atoms with Crippen LogP contribution < -0.4 is 0 Å². The van der Waals surface area contributed by atoms with E-state index < -0.39 is 7.87 Å². The van der Waals surface area contributed by atoms with Gasteiger partial charge in [-0.25, -0.2) is 0 Å². The van der Waals surface area contributed by atoms with Gasteiger partial charge in [-0.2, -0.15) is 0 Å². The molecule has 0 rings (SSSR count). The third-order valence-corrected chi connectivity index (χ3v) is 5.39. The van der Waals surface area contributed by atoms with Crippen molar-refractivity contribution in [2.45, 2.75) is 19.4 Å². The van der Waals surface area contributed by atoms with Gasteiger partial charge in [-0.3, -0.25) is 0 Å². The molecule has 3 nitrogen and oxygen atoms in total. The number of hydrogen-bond donors (Lipinski definition) is 0. The molecule has 0 amide bonds. The number of ether oxygens (including phenoxy) is 1. The van der Waals surface area contributed by atoms with E-state index in [-0.39, 0.29) is 0 Å². The van der Waals surface area contributed by atoms with Crippen LogP contribution in [0.4, 0.5) is 0 Å². The van der Waals surface area contributed by atoms with Crippen LogP contribution in [0.1, 0.15) is 13.3 Å². The Morgan fingerprint density at radius 1 is 1.36 bits per heavy atom. The Morgan fingerprint density at radius 2 is 1.93 bits per heavy atom. The van der Waals surface area contributed by atoms with Crippen LogP contribution in [0.15, 0.2) is 12.2 Å². The maximum atomic E-state index is 6.07. The predicted molar refractivity (Wildman–Crippen MR) is 60.7 cm³/mol. The third-order valence-electron chi connectivity index (χ3n) is 1.72. The quantitative estimate of drug-likeness (QED) is 0.281. The Bertz CT molecular complexity index is 171. The minimum atomic E-state index is -2.40. The third kappa shape index (κ3) is 6.56. The predicted octanol–water partition coefficient (Wildman–Crippen LogP) is 2.44. The lowest BCUT2D eigenvalue weighted by Crippen LogP contribution is -2.33. The summed E-state index contributed by atoms with van der Waals surface area (Å²) in [7, 11) is 0.757. The van der Waals surface area contributed by atoms with Crippen molar-refractivity contribution in [3.05, 3.63) is 12.2 Å². The highest BCUT2D eigenvalue weighted by Crippen LogP contribution is 2.18. The largest absolute Gasteiger partial charge is 0.442 e. The van der Waals surface area contributed by atoms with Gasteiger partial charge in [0.1, 0.15) is 0 Å². The minimum Gasteiger partial charge on any atom is -0.386 e. The number of rotatable bonds is 8. The van der Waals surface area contributed by atoms with Gasteiger partial charge in [0, 0.05) is 26.9 Å². The molecule has 0 aliphatic carbocycles. The van der Waals surface area contributed by atoms with Crippen molar-refractivity contribution in [2.24, 2.45) is 0 Å². The molecule has 0 aromatic rings. The van der Waals surface area contributed by atoms with Crippen LogP contribution in [-0.2, 0) is 13.6 Å². The van der Waals surface area contributed by atoms with Crippen LogP contribution in [-0.4, -0.2) is 35.3 Å². The van der Waals surface area contributed by atoms with E-state index in [0.717, 1.165) is 18.0 Å². The van der Waals surface area contributed by atoms with E-state index in [4.69, 9.17) is 24.7 Å². The summed E-state index contributed by atoms with van der Waals surface area (Å²) < 4.78 is 15.6. The molecule has 14 heavy (non-hydrogen) atoms. The molecule has 0 saturated heterocycles. The standard InChI is InChI=1S/C9H19ClO3Si/c1-9(2)8-13-6-5-7-14(10,11-3)12-4/h1,5-8H2,2-4H3. The second kappa shape index (κ2) is 7.42. The molecule has 0 unspecified atom stereocenters. The molecule has 0 spiro atoms. The summed E-state index contributed by atoms with van der Waals surface area (Å²) in [5.41, 5.74) is 1.03. The van der Waals surface area contributed by atoms with Crippen LogP contribution in [0, 0.1) is 0 Å². The molecule has 0 aliphatic rings. The van der Waals surface area contributed by atoms with Crippen molar-refractivity contribution in [1.29, 1.82) is 0 Å². The average molecular weight is 239 g/mol. The monoisotopic (exact) mass is 238 g/mol. The summed E-state index contributed by atoms with van der Waals surface area (Å²) in [5, 5.41) is 0. The molecule has 0 fully saturated rings. The zero-order valence-electron chi connectivity index (χ0n) is 9.14. The van der Waals surface area contributed by atoms with Gasteiger partial charge in [0.15, 0.2) is 0 Å². The van der Waals surface area contributed by atoms with Gasteiger partial charge in [0.05, 0.1) is 6.61 Å². The first-order valence-corrected chi connectivity index (χ1v) is 7.59. The van der Waals surface area contributed by atoms with Crippen LogP contribution in [0.5, 0.6) is 0 Å². The highest BCUT2D eigenvalue weighted by atomic mass is 35.6. The lowest BCUT2D eigenvalue weighted by atomic mass is 10.4. The first-order chi connectivity index (χ1) is 6.54. The van der Waals surface area contributed by atoms with Gasteiger partial charge in [-0.1, -0.05) is 23.2 Å². The fourth-order valence-corrected chi connectivity index (χ4v) is 2.46. The zero-order chi connectivity index (χ0) is 11.0. The summed E-state index contributed by atoms with van der Waals surface area (Å²) in [4.78, 5) is 0. The highest BCUT2D eigenvalue weighted by molar-refractivity contribution is 7.12. The van der Waals surface area contributed by atoms with Crippen molar-refractivity contribution in [2.75, 3.05) is 27.4 Å². The summed E-state index contributed by atoms with van der Waals surface area (Å²) in [6, 6.07) is 0.734. The zero-order valence-corrected chi connectivity index (χ0v) is 10.9. The second-order valence-corrected chi connectivity index (χ2v) is 7.55. The molecule has 0 aromatic heterocycles. The van der Waals surface area contributed by atoms with E-state index in [1.807, 2.05) is 6.92 Å². The first-order valence-electron chi connectivity index (χ1n) is 4.55. The Morgan fingerprint density at radius 3 is 2.36 bits per heavy atom. The first kappa shape index (κ1) is 14.1. The molecule has 0 N–H and O–H groups in total. The summed E-state index contributed by atoms with van der Waals surface area (Å²) in [6.07, 6.45) is 0.852. The van der Waals surface area contributed by atoms with E-state index in [0.29, 0.717) is 13.2 Å². The van der Waals surface area contributed by atoms with Gasteiger partial charge < -0.3 is 13.6 Å². The fourth-order valence-electron chi connectivity index (χ4n) is 0.919. The molecule has 0 bridgehead atoms. The number of halogens is 1. The van der Waals surface area contributed by atoms with E-state index in [9.17, 15) is 0 Å². The van der Waals surface area contributed by atoms with E-state index >= 15 is 0 Å². The topological polar surface area (TPSA) is 27.7 Å². The Balaban J connectivity index is 3.47. The van der Waals surface area contributed by atoms with Crippen molar-refractivity contribution in [3.63, 3.8) is 0 Å². The Labute approximate surface area is 91.9 Å². The van der Waals surface area contributed by atoms with Gasteiger partial charge >= 0.3 is 7.87 Å². The minimum absolute atomic E-state index is 0.608. The van der Waals surface area contributed by atoms with Gasteiger partial charge in [0.25, 0.3) is 0 Å². The van der Waals surface area contributed by atoms with E-state index in [1.54, 1.807) is 14.2 Å². The Kier molecular flexibility index (Phi) is 7.49. The van der Waals surface area contributed by atoms with Crippen molar-refractivity contribution >= 4 is 18.9 Å². The summed E-state index contributed by atoms with van der Waals surface area (Å²) in [6.45, 7) is 6.95. The fraction of sp³-hybridized carbons (Fsp3) is 0.778. The number of hydrogen-bond acceptors (Lipinski definition) is 3. The van der Waals surface area contributed by atoms with Crippen LogP contribution >= 0.6 is 11.1 Å². The molecular formula is C9H19ClO3Si. The molecular weight excluding hydrogens is 220 g/mol. The normalized spacial score (nSPS) is 11.7. The summed E-state index contributed by atoms with van der Waals surface area (Å²) in [5.74, 6) is 0. The van der Waals surface area contributed by atoms with Gasteiger partial charge in [-0.15, -0.1) is 0 Å². The average Bonchev–Trinajstić information content (AvgIpc) is 2.16. The highest BCUT2D eigenvalue weighted by Gasteiger charge is 2.32. The van der Waals surface area contributed by atoms with Crippen molar-refractivity contribution < 1.29 is 13.6 Å². The smallest absolute Gasteiger partial charge is 0.386 e. The van der Waals surface area contributed by atoms with E-state index in [2.05, 4.69) is 6.58 Å². The maximum absolute atomic E-state index is 6.07. The molecule has 0 aromatic carbocycles. The van der Waals surface area contributed by atoms with Crippen molar-refractivity contribution in [3.8, 4) is 0 Å².